The van der Waals surface area contributed by atoms with E-state index >= 15 is 0 Å². The third-order valence-corrected chi connectivity index (χ3v) is 4.17. The summed E-state index contributed by atoms with van der Waals surface area (Å²) in [6, 6.07) is 0.472. The summed E-state index contributed by atoms with van der Waals surface area (Å²) in [6.07, 6.45) is 5.32. The molecule has 2 saturated heterocycles. The van der Waals surface area contributed by atoms with E-state index < -0.39 is 11.2 Å². The van der Waals surface area contributed by atoms with Gasteiger partial charge in [0.1, 0.15) is 5.56 Å². The molecular formula is C13H18N4O3. The van der Waals surface area contributed by atoms with Crippen LogP contribution >= 0.6 is 0 Å². The molecule has 108 valence electrons. The molecule has 0 radical (unpaired) electrons. The maximum absolute atomic E-state index is 12.5. The highest BCUT2D eigenvalue weighted by Crippen LogP contribution is 2.25. The minimum Gasteiger partial charge on any atom is -0.334 e. The van der Waals surface area contributed by atoms with Crippen molar-refractivity contribution in [3.05, 3.63) is 32.6 Å². The van der Waals surface area contributed by atoms with Crippen LogP contribution in [-0.4, -0.2) is 45.9 Å². The van der Waals surface area contributed by atoms with Crippen LogP contribution in [0.3, 0.4) is 0 Å². The van der Waals surface area contributed by atoms with Gasteiger partial charge in [-0.25, -0.2) is 4.79 Å². The van der Waals surface area contributed by atoms with Crippen molar-refractivity contribution >= 4 is 5.91 Å². The van der Waals surface area contributed by atoms with Crippen molar-refractivity contribution in [2.24, 2.45) is 0 Å². The van der Waals surface area contributed by atoms with E-state index in [-0.39, 0.29) is 17.5 Å². The van der Waals surface area contributed by atoms with Crippen LogP contribution in [0.5, 0.6) is 0 Å². The smallest absolute Gasteiger partial charge is 0.325 e. The van der Waals surface area contributed by atoms with Crippen molar-refractivity contribution in [3.63, 3.8) is 0 Å². The molecule has 20 heavy (non-hydrogen) atoms. The van der Waals surface area contributed by atoms with Gasteiger partial charge >= 0.3 is 5.69 Å². The highest BCUT2D eigenvalue weighted by atomic mass is 16.2. The van der Waals surface area contributed by atoms with Crippen LogP contribution in [0.4, 0.5) is 0 Å². The number of likely N-dealkylation sites (tertiary alicyclic amines) is 1. The van der Waals surface area contributed by atoms with Crippen LogP contribution in [0.15, 0.2) is 15.8 Å². The Kier molecular flexibility index (Phi) is 3.43. The van der Waals surface area contributed by atoms with Crippen LogP contribution < -0.4 is 16.6 Å². The Balaban J connectivity index is 1.85. The normalized spacial score (nSPS) is 26.1. The Labute approximate surface area is 115 Å². The number of carbonyl (C=O) groups excluding carboxylic acids is 1. The number of rotatable bonds is 2. The van der Waals surface area contributed by atoms with Gasteiger partial charge in [0.15, 0.2) is 0 Å². The lowest BCUT2D eigenvalue weighted by atomic mass is 10.0. The summed E-state index contributed by atoms with van der Waals surface area (Å²) in [5.74, 6) is -0.293. The number of aromatic amines is 2. The summed E-state index contributed by atoms with van der Waals surface area (Å²) in [5.41, 5.74) is -1.21. The molecule has 2 unspecified atom stereocenters. The van der Waals surface area contributed by atoms with Crippen LogP contribution in [0, 0.1) is 0 Å². The van der Waals surface area contributed by atoms with E-state index in [1.165, 1.54) is 6.20 Å². The second-order valence-corrected chi connectivity index (χ2v) is 5.40. The van der Waals surface area contributed by atoms with Gasteiger partial charge in [0.25, 0.3) is 11.5 Å². The number of hydrogen-bond donors (Lipinski definition) is 3. The van der Waals surface area contributed by atoms with Crippen molar-refractivity contribution in [3.8, 4) is 0 Å². The number of nitrogens with one attached hydrogen (secondary N) is 3. The monoisotopic (exact) mass is 278 g/mol. The molecule has 0 spiro atoms. The Bertz CT molecular complexity index is 615. The van der Waals surface area contributed by atoms with Crippen LogP contribution in [0.1, 0.15) is 36.0 Å². The van der Waals surface area contributed by atoms with E-state index in [1.54, 1.807) is 4.90 Å². The molecule has 0 aromatic carbocycles. The Morgan fingerprint density at radius 1 is 1.25 bits per heavy atom. The van der Waals surface area contributed by atoms with Gasteiger partial charge in [-0.15, -0.1) is 0 Å². The Morgan fingerprint density at radius 2 is 2.10 bits per heavy atom. The maximum Gasteiger partial charge on any atom is 0.325 e. The van der Waals surface area contributed by atoms with Crippen molar-refractivity contribution < 1.29 is 4.79 Å². The van der Waals surface area contributed by atoms with Gasteiger partial charge in [0.2, 0.25) is 0 Å². The molecule has 0 saturated carbocycles. The number of H-pyrrole nitrogens is 2. The van der Waals surface area contributed by atoms with Gasteiger partial charge in [-0.2, -0.15) is 0 Å². The first-order valence-corrected chi connectivity index (χ1v) is 7.03. The zero-order valence-corrected chi connectivity index (χ0v) is 11.1. The van der Waals surface area contributed by atoms with E-state index in [4.69, 9.17) is 0 Å². The fourth-order valence-corrected chi connectivity index (χ4v) is 3.23. The molecule has 1 aromatic rings. The average Bonchev–Trinajstić information content (AvgIpc) is 3.09. The quantitative estimate of drug-likeness (QED) is 0.674. The van der Waals surface area contributed by atoms with E-state index in [9.17, 15) is 14.4 Å². The van der Waals surface area contributed by atoms with Crippen LogP contribution in [0.25, 0.3) is 0 Å². The molecule has 7 nitrogen and oxygen atoms in total. The largest absolute Gasteiger partial charge is 0.334 e. The average molecular weight is 278 g/mol. The lowest BCUT2D eigenvalue weighted by Gasteiger charge is -2.29. The second kappa shape index (κ2) is 5.24. The summed E-state index contributed by atoms with van der Waals surface area (Å²) in [5, 5.41) is 3.42. The van der Waals surface area contributed by atoms with Crippen molar-refractivity contribution in [2.75, 3.05) is 13.1 Å². The molecule has 2 atom stereocenters. The number of amides is 1. The first kappa shape index (κ1) is 13.1. The summed E-state index contributed by atoms with van der Waals surface area (Å²) in [6.45, 7) is 1.66. The van der Waals surface area contributed by atoms with E-state index in [0.29, 0.717) is 12.6 Å². The highest BCUT2D eigenvalue weighted by Gasteiger charge is 2.36. The lowest BCUT2D eigenvalue weighted by Crippen LogP contribution is -2.48. The predicted octanol–water partition coefficient (Wildman–Crippen LogP) is -0.580. The molecule has 2 fully saturated rings. The third kappa shape index (κ3) is 2.29. The first-order chi connectivity index (χ1) is 9.66. The molecule has 0 bridgehead atoms. The number of nitrogens with zero attached hydrogens (tertiary/aromatic N) is 1. The third-order valence-electron chi connectivity index (χ3n) is 4.17. The number of aromatic nitrogens is 2. The van der Waals surface area contributed by atoms with Crippen molar-refractivity contribution in [1.29, 1.82) is 0 Å². The molecule has 3 N–H and O–H groups in total. The molecular weight excluding hydrogens is 260 g/mol. The molecule has 7 heteroatoms. The second-order valence-electron chi connectivity index (χ2n) is 5.40. The number of hydrogen-bond acceptors (Lipinski definition) is 4. The van der Waals surface area contributed by atoms with E-state index in [1.807, 2.05) is 0 Å². The summed E-state index contributed by atoms with van der Waals surface area (Å²) < 4.78 is 0. The first-order valence-electron chi connectivity index (χ1n) is 7.03. The molecule has 2 aliphatic rings. The van der Waals surface area contributed by atoms with Gasteiger partial charge in [0, 0.05) is 24.8 Å². The van der Waals surface area contributed by atoms with Gasteiger partial charge < -0.3 is 15.2 Å². The highest BCUT2D eigenvalue weighted by molar-refractivity contribution is 5.94. The molecule has 3 heterocycles. The number of carbonyl (C=O) groups is 1. The van der Waals surface area contributed by atoms with Crippen molar-refractivity contribution in [1.82, 2.24) is 20.2 Å². The fraction of sp³-hybridized carbons (Fsp3) is 0.615. The summed E-state index contributed by atoms with van der Waals surface area (Å²) in [7, 11) is 0. The molecule has 0 aliphatic carbocycles. The standard InChI is InChI=1S/C13H18N4O3/c18-11-8(7-15-13(20)16-11)12(19)17-6-2-4-10(17)9-3-1-5-14-9/h7,9-10,14H,1-6H2,(H2,15,16,18,20). The Hall–Kier alpha value is -1.89. The van der Waals surface area contributed by atoms with Crippen LogP contribution in [0.2, 0.25) is 0 Å². The zero-order chi connectivity index (χ0) is 14.1. The van der Waals surface area contributed by atoms with Gasteiger partial charge in [-0.3, -0.25) is 14.6 Å². The van der Waals surface area contributed by atoms with Gasteiger partial charge in [-0.05, 0) is 32.2 Å². The topological polar surface area (TPSA) is 98.1 Å². The van der Waals surface area contributed by atoms with E-state index in [0.717, 1.165) is 32.2 Å². The Morgan fingerprint density at radius 3 is 2.80 bits per heavy atom. The molecule has 3 rings (SSSR count). The minimum atomic E-state index is -0.621. The van der Waals surface area contributed by atoms with E-state index in [2.05, 4.69) is 15.3 Å². The zero-order valence-electron chi connectivity index (χ0n) is 11.1. The van der Waals surface area contributed by atoms with Gasteiger partial charge in [-0.1, -0.05) is 0 Å². The lowest BCUT2D eigenvalue weighted by molar-refractivity contribution is 0.0709. The maximum atomic E-state index is 12.5. The minimum absolute atomic E-state index is 0.00879. The van der Waals surface area contributed by atoms with Crippen LogP contribution in [-0.2, 0) is 0 Å². The SMILES string of the molecule is O=C(c1c[nH]c(=O)[nH]c1=O)N1CCCC1C1CCCN1. The summed E-state index contributed by atoms with van der Waals surface area (Å²) in [4.78, 5) is 41.5. The molecule has 1 amide bonds. The molecule has 1 aromatic heterocycles. The summed E-state index contributed by atoms with van der Waals surface area (Å²) >= 11 is 0. The fourth-order valence-electron chi connectivity index (χ4n) is 3.23. The van der Waals surface area contributed by atoms with Crippen molar-refractivity contribution in [2.45, 2.75) is 37.8 Å². The van der Waals surface area contributed by atoms with Gasteiger partial charge in [0.05, 0.1) is 0 Å². The molecule has 2 aliphatic heterocycles. The predicted molar refractivity (Wildman–Crippen MR) is 72.8 cm³/mol.